The number of benzene rings is 2. The summed E-state index contributed by atoms with van der Waals surface area (Å²) in [7, 11) is 0. The van der Waals surface area contributed by atoms with Crippen LogP contribution in [0.4, 0.5) is 10.2 Å². The number of fused-ring (bicyclic) bond motifs is 1. The van der Waals surface area contributed by atoms with Crippen molar-refractivity contribution in [3.05, 3.63) is 90.9 Å². The summed E-state index contributed by atoms with van der Waals surface area (Å²) in [4.78, 5) is 8.62. The maximum atomic E-state index is 13.3. The Labute approximate surface area is 171 Å². The van der Waals surface area contributed by atoms with Crippen LogP contribution in [-0.4, -0.2) is 29.4 Å². The minimum atomic E-state index is -0.273. The minimum Gasteiger partial charge on any atom is -0.363 e. The quantitative estimate of drug-likeness (QED) is 0.477. The van der Waals surface area contributed by atoms with Crippen molar-refractivity contribution in [1.82, 2.24) is 29.4 Å². The first-order valence-electron chi connectivity index (χ1n) is 9.49. The van der Waals surface area contributed by atoms with Crippen LogP contribution in [0.3, 0.4) is 0 Å². The van der Waals surface area contributed by atoms with Crippen LogP contribution in [0, 0.1) is 5.82 Å². The molecule has 5 rings (SSSR count). The van der Waals surface area contributed by atoms with Gasteiger partial charge in [-0.2, -0.15) is 14.7 Å². The van der Waals surface area contributed by atoms with Crippen LogP contribution in [0.25, 0.3) is 22.6 Å². The highest BCUT2D eigenvalue weighted by Crippen LogP contribution is 2.26. The van der Waals surface area contributed by atoms with Gasteiger partial charge in [0.15, 0.2) is 5.65 Å². The van der Waals surface area contributed by atoms with Crippen molar-refractivity contribution in [1.29, 1.82) is 0 Å². The molecule has 0 unspecified atom stereocenters. The summed E-state index contributed by atoms with van der Waals surface area (Å²) in [5.41, 5.74) is 4.36. The van der Waals surface area contributed by atoms with Crippen LogP contribution in [0.1, 0.15) is 18.5 Å². The molecule has 0 bridgehead atoms. The SMILES string of the molecule is C[C@H](Nc1cc(-c2ccc(F)cc2)nc2ccnn12)c1ccc(-n2cncn2)cc1. The molecule has 1 N–H and O–H groups in total. The molecule has 0 aliphatic carbocycles. The van der Waals surface area contributed by atoms with Crippen molar-refractivity contribution in [3.63, 3.8) is 0 Å². The van der Waals surface area contributed by atoms with Gasteiger partial charge < -0.3 is 5.32 Å². The second-order valence-electron chi connectivity index (χ2n) is 6.93. The zero-order valence-corrected chi connectivity index (χ0v) is 16.1. The molecular weight excluding hydrogens is 381 g/mol. The fraction of sp³-hybridized carbons (Fsp3) is 0.0909. The van der Waals surface area contributed by atoms with Gasteiger partial charge in [0, 0.05) is 23.7 Å². The van der Waals surface area contributed by atoms with E-state index >= 15 is 0 Å². The van der Waals surface area contributed by atoms with E-state index in [1.807, 2.05) is 24.3 Å². The van der Waals surface area contributed by atoms with E-state index < -0.39 is 0 Å². The molecule has 8 heteroatoms. The molecule has 30 heavy (non-hydrogen) atoms. The maximum Gasteiger partial charge on any atom is 0.157 e. The van der Waals surface area contributed by atoms with E-state index in [1.54, 1.807) is 33.9 Å². The molecule has 0 amide bonds. The summed E-state index contributed by atoms with van der Waals surface area (Å²) in [5.74, 6) is 0.530. The van der Waals surface area contributed by atoms with E-state index in [0.717, 1.165) is 28.3 Å². The van der Waals surface area contributed by atoms with Gasteiger partial charge in [0.1, 0.15) is 24.3 Å². The molecule has 0 saturated heterocycles. The third-order valence-corrected chi connectivity index (χ3v) is 4.94. The summed E-state index contributed by atoms with van der Waals surface area (Å²) < 4.78 is 16.8. The average molecular weight is 399 g/mol. The first-order chi connectivity index (χ1) is 14.7. The molecule has 3 heterocycles. The lowest BCUT2D eigenvalue weighted by molar-refractivity contribution is 0.628. The van der Waals surface area contributed by atoms with Crippen molar-refractivity contribution in [2.24, 2.45) is 0 Å². The number of nitrogens with zero attached hydrogens (tertiary/aromatic N) is 6. The number of rotatable bonds is 5. The van der Waals surface area contributed by atoms with Crippen LogP contribution in [0.15, 0.2) is 79.5 Å². The van der Waals surface area contributed by atoms with Gasteiger partial charge in [-0.15, -0.1) is 0 Å². The molecule has 0 fully saturated rings. The Bertz CT molecular complexity index is 1280. The summed E-state index contributed by atoms with van der Waals surface area (Å²) in [5, 5.41) is 12.0. The van der Waals surface area contributed by atoms with E-state index in [-0.39, 0.29) is 11.9 Å². The Morgan fingerprint density at radius 3 is 2.50 bits per heavy atom. The molecule has 2 aromatic carbocycles. The molecule has 0 aliphatic heterocycles. The van der Waals surface area contributed by atoms with E-state index in [1.165, 1.54) is 18.5 Å². The monoisotopic (exact) mass is 399 g/mol. The second kappa shape index (κ2) is 7.40. The van der Waals surface area contributed by atoms with Crippen LogP contribution in [0.2, 0.25) is 0 Å². The van der Waals surface area contributed by atoms with E-state index in [9.17, 15) is 4.39 Å². The van der Waals surface area contributed by atoms with Crippen molar-refractivity contribution >= 4 is 11.5 Å². The fourth-order valence-corrected chi connectivity index (χ4v) is 3.35. The van der Waals surface area contributed by atoms with Crippen molar-refractivity contribution in [2.45, 2.75) is 13.0 Å². The third kappa shape index (κ3) is 3.39. The van der Waals surface area contributed by atoms with Gasteiger partial charge in [0.2, 0.25) is 0 Å². The van der Waals surface area contributed by atoms with Gasteiger partial charge in [-0.1, -0.05) is 12.1 Å². The number of hydrogen-bond donors (Lipinski definition) is 1. The van der Waals surface area contributed by atoms with Gasteiger partial charge in [0.05, 0.1) is 17.6 Å². The van der Waals surface area contributed by atoms with Crippen LogP contribution in [0.5, 0.6) is 0 Å². The van der Waals surface area contributed by atoms with Gasteiger partial charge in [-0.25, -0.2) is 19.0 Å². The molecule has 0 saturated carbocycles. The Kier molecular flexibility index (Phi) is 4.44. The smallest absolute Gasteiger partial charge is 0.157 e. The van der Waals surface area contributed by atoms with E-state index in [0.29, 0.717) is 5.65 Å². The lowest BCUT2D eigenvalue weighted by atomic mass is 10.1. The lowest BCUT2D eigenvalue weighted by Gasteiger charge is -2.17. The highest BCUT2D eigenvalue weighted by atomic mass is 19.1. The van der Waals surface area contributed by atoms with Crippen molar-refractivity contribution in [3.8, 4) is 16.9 Å². The minimum absolute atomic E-state index is 0.0191. The predicted octanol–water partition coefficient (Wildman–Crippen LogP) is 4.29. The second-order valence-corrected chi connectivity index (χ2v) is 6.93. The Hall–Kier alpha value is -4.07. The topological polar surface area (TPSA) is 72.9 Å². The fourth-order valence-electron chi connectivity index (χ4n) is 3.35. The van der Waals surface area contributed by atoms with Crippen LogP contribution in [-0.2, 0) is 0 Å². The standard InChI is InChI=1S/C22H18FN7/c1-15(16-4-8-19(9-5-16)29-14-24-13-26-29)27-22-12-20(17-2-6-18(23)7-3-17)28-21-10-11-25-30(21)22/h2-15,27H,1H3/t15-/m0/s1. The largest absolute Gasteiger partial charge is 0.363 e. The van der Waals surface area contributed by atoms with Crippen molar-refractivity contribution < 1.29 is 4.39 Å². The summed E-state index contributed by atoms with van der Waals surface area (Å²) in [6.07, 6.45) is 4.88. The zero-order chi connectivity index (χ0) is 20.5. The predicted molar refractivity (Wildman–Crippen MR) is 112 cm³/mol. The number of aromatic nitrogens is 6. The third-order valence-electron chi connectivity index (χ3n) is 4.94. The summed E-state index contributed by atoms with van der Waals surface area (Å²) in [6, 6.07) is 18.2. The molecule has 3 aromatic heterocycles. The number of anilines is 1. The average Bonchev–Trinajstić information content (AvgIpc) is 3.46. The Morgan fingerprint density at radius 2 is 1.77 bits per heavy atom. The van der Waals surface area contributed by atoms with Gasteiger partial charge in [0.25, 0.3) is 0 Å². The molecule has 0 aliphatic rings. The highest BCUT2D eigenvalue weighted by Gasteiger charge is 2.12. The van der Waals surface area contributed by atoms with E-state index in [2.05, 4.69) is 44.5 Å². The first-order valence-corrected chi connectivity index (χ1v) is 9.49. The molecular formula is C22H18FN7. The Morgan fingerprint density at radius 1 is 0.967 bits per heavy atom. The lowest BCUT2D eigenvalue weighted by Crippen LogP contribution is -2.11. The zero-order valence-electron chi connectivity index (χ0n) is 16.1. The normalized spacial score (nSPS) is 12.2. The molecule has 1 atom stereocenters. The molecule has 7 nitrogen and oxygen atoms in total. The molecule has 0 radical (unpaired) electrons. The van der Waals surface area contributed by atoms with Crippen LogP contribution >= 0.6 is 0 Å². The van der Waals surface area contributed by atoms with Crippen molar-refractivity contribution in [2.75, 3.05) is 5.32 Å². The first kappa shape index (κ1) is 18.0. The van der Waals surface area contributed by atoms with Crippen LogP contribution < -0.4 is 5.32 Å². The van der Waals surface area contributed by atoms with E-state index in [4.69, 9.17) is 0 Å². The highest BCUT2D eigenvalue weighted by molar-refractivity contribution is 5.66. The molecule has 0 spiro atoms. The number of halogens is 1. The maximum absolute atomic E-state index is 13.3. The van der Waals surface area contributed by atoms with Gasteiger partial charge in [-0.3, -0.25) is 0 Å². The summed E-state index contributed by atoms with van der Waals surface area (Å²) in [6.45, 7) is 2.08. The number of nitrogens with one attached hydrogen (secondary N) is 1. The summed E-state index contributed by atoms with van der Waals surface area (Å²) >= 11 is 0. The Balaban J connectivity index is 1.45. The molecule has 148 valence electrons. The van der Waals surface area contributed by atoms with Gasteiger partial charge in [-0.05, 0) is 48.9 Å². The van der Waals surface area contributed by atoms with Gasteiger partial charge >= 0.3 is 0 Å². The molecule has 5 aromatic rings. The number of hydrogen-bond acceptors (Lipinski definition) is 5.